The highest BCUT2D eigenvalue weighted by atomic mass is 79.9. The molecule has 4 nitrogen and oxygen atoms in total. The summed E-state index contributed by atoms with van der Waals surface area (Å²) >= 11 is 3.41. The molecule has 2 amide bonds. The third-order valence-corrected chi connectivity index (χ3v) is 6.72. The van der Waals surface area contributed by atoms with Crippen LogP contribution in [0.4, 0.5) is 5.69 Å². The molecule has 128 valence electrons. The molecule has 0 spiro atoms. The summed E-state index contributed by atoms with van der Waals surface area (Å²) in [6.45, 7) is 2.03. The Balaban J connectivity index is 1.65. The minimum Gasteiger partial charge on any atom is -0.362 e. The van der Waals surface area contributed by atoms with E-state index < -0.39 is 0 Å². The number of aryl methyl sites for hydroxylation is 1. The Morgan fingerprint density at radius 3 is 2.64 bits per heavy atom. The molecular weight excluding hydrogens is 380 g/mol. The number of imide groups is 1. The zero-order chi connectivity index (χ0) is 17.3. The second kappa shape index (κ2) is 5.31. The SMILES string of the molecule is Cc1cc2c([nH]1)[C@@H]1CCC[C@@H]1[C@@H]1C(=O)N(c3ccc(Br)cc3)C(=O)[C@H]21. The van der Waals surface area contributed by atoms with E-state index in [9.17, 15) is 9.59 Å². The standard InChI is InChI=1S/C20H19BrN2O2/c1-10-9-15-17-16(13-3-2-4-14(13)18(15)22-10)19(24)23(20(17)25)12-7-5-11(21)6-8-12/h5-9,13-14,16-17,22H,2-4H2,1H3/t13-,14+,16-,17+/m0/s1. The maximum atomic E-state index is 13.3. The first-order chi connectivity index (χ1) is 12.1. The van der Waals surface area contributed by atoms with Gasteiger partial charge in [-0.25, -0.2) is 4.90 Å². The predicted molar refractivity (Wildman–Crippen MR) is 98.5 cm³/mol. The van der Waals surface area contributed by atoms with Crippen molar-refractivity contribution in [3.8, 4) is 0 Å². The van der Waals surface area contributed by atoms with Crippen molar-refractivity contribution in [3.05, 3.63) is 51.8 Å². The number of nitrogens with zero attached hydrogens (tertiary/aromatic N) is 1. The Kier molecular flexibility index (Phi) is 3.26. The minimum atomic E-state index is -0.324. The molecule has 0 bridgehead atoms. The van der Waals surface area contributed by atoms with Crippen molar-refractivity contribution in [2.45, 2.75) is 38.0 Å². The van der Waals surface area contributed by atoms with Gasteiger partial charge in [0.2, 0.25) is 11.8 Å². The van der Waals surface area contributed by atoms with E-state index in [1.54, 1.807) is 0 Å². The molecule has 0 radical (unpaired) electrons. The average Bonchev–Trinajstić information content (AvgIpc) is 3.25. The van der Waals surface area contributed by atoms with Crippen LogP contribution in [0.5, 0.6) is 0 Å². The van der Waals surface area contributed by atoms with E-state index in [0.29, 0.717) is 11.6 Å². The van der Waals surface area contributed by atoms with Gasteiger partial charge in [-0.05, 0) is 61.6 Å². The largest absolute Gasteiger partial charge is 0.362 e. The number of hydrogen-bond acceptors (Lipinski definition) is 2. The topological polar surface area (TPSA) is 53.2 Å². The normalized spacial score (nSPS) is 30.4. The number of nitrogens with one attached hydrogen (secondary N) is 1. The summed E-state index contributed by atoms with van der Waals surface area (Å²) in [6.07, 6.45) is 3.28. The summed E-state index contributed by atoms with van der Waals surface area (Å²) in [7, 11) is 0. The molecule has 1 aromatic heterocycles. The highest BCUT2D eigenvalue weighted by Gasteiger charge is 2.58. The Labute approximate surface area is 154 Å². The molecule has 1 aliphatic heterocycles. The highest BCUT2D eigenvalue weighted by molar-refractivity contribution is 9.10. The van der Waals surface area contributed by atoms with E-state index in [0.717, 1.165) is 35.0 Å². The van der Waals surface area contributed by atoms with Gasteiger partial charge in [0.25, 0.3) is 0 Å². The van der Waals surface area contributed by atoms with Crippen LogP contribution in [-0.2, 0) is 9.59 Å². The van der Waals surface area contributed by atoms with E-state index in [4.69, 9.17) is 0 Å². The van der Waals surface area contributed by atoms with Crippen molar-refractivity contribution in [1.29, 1.82) is 0 Å². The number of carbonyl (C=O) groups is 2. The van der Waals surface area contributed by atoms with Gasteiger partial charge in [0.15, 0.2) is 0 Å². The van der Waals surface area contributed by atoms with Crippen LogP contribution in [0.1, 0.15) is 48.0 Å². The summed E-state index contributed by atoms with van der Waals surface area (Å²) in [4.78, 5) is 31.5. The summed E-state index contributed by atoms with van der Waals surface area (Å²) in [5, 5.41) is 0. The molecular formula is C20H19BrN2O2. The lowest BCUT2D eigenvalue weighted by molar-refractivity contribution is -0.123. The van der Waals surface area contributed by atoms with E-state index >= 15 is 0 Å². The lowest BCUT2D eigenvalue weighted by Crippen LogP contribution is -2.33. The lowest BCUT2D eigenvalue weighted by atomic mass is 9.68. The number of halogens is 1. The highest BCUT2D eigenvalue weighted by Crippen LogP contribution is 2.57. The Bertz CT molecular complexity index is 886. The van der Waals surface area contributed by atoms with Gasteiger partial charge < -0.3 is 4.98 Å². The van der Waals surface area contributed by atoms with Gasteiger partial charge in [-0.15, -0.1) is 0 Å². The number of aromatic nitrogens is 1. The fourth-order valence-electron chi connectivity index (χ4n) is 5.27. The number of hydrogen-bond donors (Lipinski definition) is 1. The molecule has 25 heavy (non-hydrogen) atoms. The van der Waals surface area contributed by atoms with Crippen molar-refractivity contribution >= 4 is 33.4 Å². The predicted octanol–water partition coefficient (Wildman–Crippen LogP) is 4.26. The number of benzene rings is 1. The molecule has 5 rings (SSSR count). The van der Waals surface area contributed by atoms with Crippen molar-refractivity contribution in [2.24, 2.45) is 11.8 Å². The van der Waals surface area contributed by atoms with Crippen LogP contribution in [0.3, 0.4) is 0 Å². The van der Waals surface area contributed by atoms with Gasteiger partial charge >= 0.3 is 0 Å². The van der Waals surface area contributed by atoms with Crippen LogP contribution >= 0.6 is 15.9 Å². The zero-order valence-electron chi connectivity index (χ0n) is 14.0. The number of H-pyrrole nitrogens is 1. The molecule has 2 aromatic rings. The van der Waals surface area contributed by atoms with E-state index in [2.05, 4.69) is 27.0 Å². The molecule has 2 fully saturated rings. The number of amides is 2. The smallest absolute Gasteiger partial charge is 0.242 e. The fourth-order valence-corrected chi connectivity index (χ4v) is 5.53. The summed E-state index contributed by atoms with van der Waals surface area (Å²) in [6, 6.07) is 9.52. The minimum absolute atomic E-state index is 0.0151. The number of carbonyl (C=O) groups excluding carboxylic acids is 2. The van der Waals surface area contributed by atoms with Gasteiger partial charge in [0.05, 0.1) is 17.5 Å². The number of rotatable bonds is 1. The first kappa shape index (κ1) is 15.4. The molecule has 0 unspecified atom stereocenters. The lowest BCUT2D eigenvalue weighted by Gasteiger charge is -2.33. The second-order valence-corrected chi connectivity index (χ2v) is 8.43. The van der Waals surface area contributed by atoms with E-state index in [-0.39, 0.29) is 29.6 Å². The molecule has 2 heterocycles. The quantitative estimate of drug-likeness (QED) is 0.729. The van der Waals surface area contributed by atoms with Crippen LogP contribution in [0.2, 0.25) is 0 Å². The first-order valence-corrected chi connectivity index (χ1v) is 9.68. The third-order valence-electron chi connectivity index (χ3n) is 6.19. The first-order valence-electron chi connectivity index (χ1n) is 8.89. The van der Waals surface area contributed by atoms with Gasteiger partial charge in [-0.1, -0.05) is 22.4 Å². The fraction of sp³-hybridized carbons (Fsp3) is 0.400. The van der Waals surface area contributed by atoms with Crippen LogP contribution < -0.4 is 4.90 Å². The Hall–Kier alpha value is -1.88. The van der Waals surface area contributed by atoms with Crippen molar-refractivity contribution < 1.29 is 9.59 Å². The average molecular weight is 399 g/mol. The number of aromatic amines is 1. The van der Waals surface area contributed by atoms with Crippen molar-refractivity contribution in [2.75, 3.05) is 4.90 Å². The summed E-state index contributed by atoms with van der Waals surface area (Å²) in [5.41, 5.74) is 4.03. The maximum Gasteiger partial charge on any atom is 0.242 e. The van der Waals surface area contributed by atoms with Gasteiger partial charge in [-0.2, -0.15) is 0 Å². The van der Waals surface area contributed by atoms with Crippen molar-refractivity contribution in [1.82, 2.24) is 4.98 Å². The Morgan fingerprint density at radius 1 is 1.12 bits per heavy atom. The number of anilines is 1. The van der Waals surface area contributed by atoms with Crippen LogP contribution in [0, 0.1) is 18.8 Å². The second-order valence-electron chi connectivity index (χ2n) is 7.51. The van der Waals surface area contributed by atoms with Gasteiger partial charge in [0.1, 0.15) is 0 Å². The molecule has 5 heteroatoms. The monoisotopic (exact) mass is 398 g/mol. The molecule has 1 saturated carbocycles. The molecule has 3 aliphatic rings. The van der Waals surface area contributed by atoms with E-state index in [1.165, 1.54) is 10.6 Å². The maximum absolute atomic E-state index is 13.3. The van der Waals surface area contributed by atoms with Crippen LogP contribution in [0.15, 0.2) is 34.8 Å². The van der Waals surface area contributed by atoms with Gasteiger partial charge in [-0.3, -0.25) is 9.59 Å². The molecule has 1 aromatic carbocycles. The van der Waals surface area contributed by atoms with E-state index in [1.807, 2.05) is 31.2 Å². The summed E-state index contributed by atoms with van der Waals surface area (Å²) < 4.78 is 0.937. The molecule has 4 atom stereocenters. The molecule has 2 aliphatic carbocycles. The number of fused-ring (bicyclic) bond motifs is 6. The van der Waals surface area contributed by atoms with Crippen LogP contribution in [0.25, 0.3) is 0 Å². The third kappa shape index (κ3) is 2.05. The van der Waals surface area contributed by atoms with Crippen molar-refractivity contribution in [3.63, 3.8) is 0 Å². The zero-order valence-corrected chi connectivity index (χ0v) is 15.5. The van der Waals surface area contributed by atoms with Crippen LogP contribution in [-0.4, -0.2) is 16.8 Å². The van der Waals surface area contributed by atoms with Gasteiger partial charge in [0, 0.05) is 21.8 Å². The summed E-state index contributed by atoms with van der Waals surface area (Å²) in [5.74, 6) is 0.0717. The molecule has 1 saturated heterocycles. The molecule has 1 N–H and O–H groups in total. The Morgan fingerprint density at radius 2 is 1.88 bits per heavy atom.